The molecule has 0 atom stereocenters. The van der Waals surface area contributed by atoms with Crippen molar-refractivity contribution in [2.24, 2.45) is 0 Å². The molecule has 1 aromatic carbocycles. The van der Waals surface area contributed by atoms with Crippen molar-refractivity contribution in [3.8, 4) is 5.75 Å². The van der Waals surface area contributed by atoms with E-state index in [1.807, 2.05) is 6.07 Å². The molecule has 1 aliphatic rings. The second-order valence-corrected chi connectivity index (χ2v) is 7.35. The van der Waals surface area contributed by atoms with Gasteiger partial charge >= 0.3 is 0 Å². The number of benzene rings is 1. The molecule has 17 heavy (non-hydrogen) atoms. The van der Waals surface area contributed by atoms with Crippen LogP contribution < -0.4 is 4.74 Å². The Kier molecular flexibility index (Phi) is 3.45. The molecule has 0 bridgehead atoms. The summed E-state index contributed by atoms with van der Waals surface area (Å²) in [7, 11) is 0. The van der Waals surface area contributed by atoms with Gasteiger partial charge in [0.2, 0.25) is 5.79 Å². The van der Waals surface area contributed by atoms with E-state index >= 15 is 0 Å². The van der Waals surface area contributed by atoms with Gasteiger partial charge in [-0.05, 0) is 24.3 Å². The minimum atomic E-state index is -2.10. The van der Waals surface area contributed by atoms with Crippen LogP contribution in [0.25, 0.3) is 0 Å². The highest BCUT2D eigenvalue weighted by Gasteiger charge is 2.36. The SMILES string of the molecule is OC1(O)C=CC(Br)(Br)C=C1Oc1ccccc1. The van der Waals surface area contributed by atoms with Crippen LogP contribution in [0.1, 0.15) is 0 Å². The maximum atomic E-state index is 9.76. The third-order valence-electron chi connectivity index (χ3n) is 2.20. The molecule has 90 valence electrons. The number of ether oxygens (including phenoxy) is 1. The number of rotatable bonds is 2. The van der Waals surface area contributed by atoms with Gasteiger partial charge in [0.15, 0.2) is 5.76 Å². The summed E-state index contributed by atoms with van der Waals surface area (Å²) in [5, 5.41) is 19.5. The molecule has 3 nitrogen and oxygen atoms in total. The molecule has 0 spiro atoms. The van der Waals surface area contributed by atoms with E-state index in [-0.39, 0.29) is 5.76 Å². The molecule has 2 N–H and O–H groups in total. The van der Waals surface area contributed by atoms with Crippen LogP contribution in [-0.2, 0) is 0 Å². The molecule has 0 aliphatic heterocycles. The lowest BCUT2D eigenvalue weighted by molar-refractivity contribution is -0.108. The smallest absolute Gasteiger partial charge is 0.243 e. The van der Waals surface area contributed by atoms with Gasteiger partial charge in [0.05, 0.1) is 0 Å². The molecule has 0 saturated carbocycles. The van der Waals surface area contributed by atoms with Crippen molar-refractivity contribution in [3.05, 3.63) is 54.3 Å². The predicted molar refractivity (Wildman–Crippen MR) is 72.0 cm³/mol. The zero-order valence-electron chi connectivity index (χ0n) is 8.68. The van der Waals surface area contributed by atoms with Gasteiger partial charge in [-0.3, -0.25) is 0 Å². The Bertz CT molecular complexity index is 464. The summed E-state index contributed by atoms with van der Waals surface area (Å²) in [6, 6.07) is 8.94. The largest absolute Gasteiger partial charge is 0.456 e. The maximum absolute atomic E-state index is 9.76. The molecule has 5 heteroatoms. The van der Waals surface area contributed by atoms with Crippen LogP contribution in [0.2, 0.25) is 0 Å². The number of hydrogen-bond acceptors (Lipinski definition) is 3. The molecule has 0 radical (unpaired) electrons. The zero-order valence-corrected chi connectivity index (χ0v) is 11.8. The van der Waals surface area contributed by atoms with Crippen LogP contribution in [0.3, 0.4) is 0 Å². The Hall–Kier alpha value is -0.620. The average Bonchev–Trinajstić information content (AvgIpc) is 2.26. The highest BCUT2D eigenvalue weighted by molar-refractivity contribution is 9.25. The summed E-state index contributed by atoms with van der Waals surface area (Å²) in [6.07, 6.45) is 4.36. The predicted octanol–water partition coefficient (Wildman–Crippen LogP) is 2.69. The van der Waals surface area contributed by atoms with Gasteiger partial charge in [-0.1, -0.05) is 56.1 Å². The van der Waals surface area contributed by atoms with E-state index in [4.69, 9.17) is 4.74 Å². The van der Waals surface area contributed by atoms with Crippen LogP contribution in [-0.4, -0.2) is 19.2 Å². The van der Waals surface area contributed by atoms with E-state index in [2.05, 4.69) is 31.9 Å². The fourth-order valence-corrected chi connectivity index (χ4v) is 2.04. The molecule has 0 heterocycles. The second-order valence-electron chi connectivity index (χ2n) is 3.66. The van der Waals surface area contributed by atoms with Crippen molar-refractivity contribution in [1.82, 2.24) is 0 Å². The van der Waals surface area contributed by atoms with E-state index < -0.39 is 9.02 Å². The Labute approximate surface area is 116 Å². The molecule has 1 aromatic rings. The van der Waals surface area contributed by atoms with Gasteiger partial charge in [-0.2, -0.15) is 0 Å². The number of hydrogen-bond donors (Lipinski definition) is 2. The lowest BCUT2D eigenvalue weighted by atomic mass is 10.1. The molecule has 2 rings (SSSR count). The van der Waals surface area contributed by atoms with Crippen LogP contribution >= 0.6 is 31.9 Å². The monoisotopic (exact) mass is 360 g/mol. The van der Waals surface area contributed by atoms with Crippen molar-refractivity contribution in [3.63, 3.8) is 0 Å². The summed E-state index contributed by atoms with van der Waals surface area (Å²) in [5.41, 5.74) is 0. The lowest BCUT2D eigenvalue weighted by Crippen LogP contribution is -2.35. The summed E-state index contributed by atoms with van der Waals surface area (Å²) in [6.45, 7) is 0. The highest BCUT2D eigenvalue weighted by Crippen LogP contribution is 2.38. The number of aliphatic hydroxyl groups is 2. The molecule has 0 aromatic heterocycles. The first-order chi connectivity index (χ1) is 7.89. The van der Waals surface area contributed by atoms with Crippen molar-refractivity contribution in [2.75, 3.05) is 0 Å². The lowest BCUT2D eigenvalue weighted by Gasteiger charge is -2.28. The third-order valence-corrected chi connectivity index (χ3v) is 3.18. The minimum Gasteiger partial charge on any atom is -0.456 e. The summed E-state index contributed by atoms with van der Waals surface area (Å²) in [4.78, 5) is 0. The Morgan fingerprint density at radius 1 is 1.00 bits per heavy atom. The Balaban J connectivity index is 2.28. The molecule has 1 aliphatic carbocycles. The number of para-hydroxylation sites is 1. The van der Waals surface area contributed by atoms with Crippen molar-refractivity contribution < 1.29 is 14.9 Å². The zero-order chi connectivity index (χ0) is 12.5. The van der Waals surface area contributed by atoms with E-state index in [0.717, 1.165) is 0 Å². The topological polar surface area (TPSA) is 49.7 Å². The van der Waals surface area contributed by atoms with Crippen molar-refractivity contribution in [2.45, 2.75) is 9.02 Å². The summed E-state index contributed by atoms with van der Waals surface area (Å²) in [5.74, 6) is -1.52. The first kappa shape index (κ1) is 12.8. The Morgan fingerprint density at radius 2 is 1.65 bits per heavy atom. The minimum absolute atomic E-state index is 0.0416. The van der Waals surface area contributed by atoms with Gasteiger partial charge in [0.25, 0.3) is 0 Å². The first-order valence-electron chi connectivity index (χ1n) is 4.88. The summed E-state index contributed by atoms with van der Waals surface area (Å²) < 4.78 is 4.83. The Morgan fingerprint density at radius 3 is 2.29 bits per heavy atom. The number of allylic oxidation sites excluding steroid dienone is 2. The summed E-state index contributed by atoms with van der Waals surface area (Å²) >= 11 is 6.70. The van der Waals surface area contributed by atoms with E-state index in [1.165, 1.54) is 6.08 Å². The standard InChI is InChI=1S/C12H10Br2O3/c13-11(14)6-7-12(15,16)10(8-11)17-9-4-2-1-3-5-9/h1-8,15-16H. The third kappa shape index (κ3) is 3.19. The fraction of sp³-hybridized carbons (Fsp3) is 0.167. The van der Waals surface area contributed by atoms with Gasteiger partial charge in [-0.25, -0.2) is 0 Å². The molecule has 0 fully saturated rings. The highest BCUT2D eigenvalue weighted by atomic mass is 79.9. The normalized spacial score (nSPS) is 20.8. The van der Waals surface area contributed by atoms with Crippen molar-refractivity contribution >= 4 is 31.9 Å². The number of halogens is 2. The van der Waals surface area contributed by atoms with Crippen LogP contribution in [0.4, 0.5) is 0 Å². The van der Waals surface area contributed by atoms with Crippen LogP contribution in [0, 0.1) is 0 Å². The average molecular weight is 362 g/mol. The van der Waals surface area contributed by atoms with E-state index in [0.29, 0.717) is 5.75 Å². The van der Waals surface area contributed by atoms with Crippen LogP contribution in [0.15, 0.2) is 54.3 Å². The van der Waals surface area contributed by atoms with E-state index in [9.17, 15) is 10.2 Å². The first-order valence-corrected chi connectivity index (χ1v) is 6.47. The molecular weight excluding hydrogens is 352 g/mol. The van der Waals surface area contributed by atoms with E-state index in [1.54, 1.807) is 36.4 Å². The number of alkyl halides is 2. The quantitative estimate of drug-likeness (QED) is 0.483. The molecular formula is C12H10Br2O3. The van der Waals surface area contributed by atoms with Gasteiger partial charge < -0.3 is 14.9 Å². The molecule has 0 saturated heterocycles. The fourth-order valence-electron chi connectivity index (χ4n) is 1.36. The van der Waals surface area contributed by atoms with Crippen molar-refractivity contribution in [1.29, 1.82) is 0 Å². The van der Waals surface area contributed by atoms with Crippen LogP contribution in [0.5, 0.6) is 5.75 Å². The van der Waals surface area contributed by atoms with Gasteiger partial charge in [0, 0.05) is 0 Å². The second kappa shape index (κ2) is 4.57. The molecule has 0 unspecified atom stereocenters. The van der Waals surface area contributed by atoms with Gasteiger partial charge in [0.1, 0.15) is 8.98 Å². The van der Waals surface area contributed by atoms with Gasteiger partial charge in [-0.15, -0.1) is 0 Å². The maximum Gasteiger partial charge on any atom is 0.243 e. The molecule has 0 amide bonds.